The van der Waals surface area contributed by atoms with Crippen LogP contribution in [0.1, 0.15) is 43.0 Å². The van der Waals surface area contributed by atoms with E-state index in [4.69, 9.17) is 0 Å². The maximum Gasteiger partial charge on any atom is 0.221 e. The molecule has 0 aliphatic carbocycles. The fourth-order valence-corrected chi connectivity index (χ4v) is 2.38. The van der Waals surface area contributed by atoms with E-state index in [2.05, 4.69) is 11.9 Å². The van der Waals surface area contributed by atoms with Gasteiger partial charge in [-0.1, -0.05) is 26.5 Å². The molecule has 0 saturated carbocycles. The Bertz CT molecular complexity index is 492. The Labute approximate surface area is 108 Å². The zero-order valence-corrected chi connectivity index (χ0v) is 11.5. The first-order valence-corrected chi connectivity index (χ1v) is 6.21. The van der Waals surface area contributed by atoms with Crippen LogP contribution in [0.4, 0.5) is 10.1 Å². The Kier molecular flexibility index (Phi) is 4.65. The van der Waals surface area contributed by atoms with Gasteiger partial charge in [0.25, 0.3) is 0 Å². The topological polar surface area (TPSA) is 29.1 Å². The van der Waals surface area contributed by atoms with Gasteiger partial charge in [-0.15, -0.1) is 0 Å². The monoisotopic (exact) mass is 249 g/mol. The van der Waals surface area contributed by atoms with Crippen molar-refractivity contribution in [1.29, 1.82) is 0 Å². The summed E-state index contributed by atoms with van der Waals surface area (Å²) in [4.78, 5) is 11.2. The van der Waals surface area contributed by atoms with Crippen LogP contribution in [-0.2, 0) is 17.6 Å². The average Bonchev–Trinajstić information content (AvgIpc) is 2.34. The lowest BCUT2D eigenvalue weighted by atomic mass is 9.91. The van der Waals surface area contributed by atoms with Gasteiger partial charge in [0.05, 0.1) is 5.69 Å². The second kappa shape index (κ2) is 5.80. The summed E-state index contributed by atoms with van der Waals surface area (Å²) in [7, 11) is 0. The molecule has 0 unspecified atom stereocenters. The molecule has 0 spiro atoms. The number of carbonyl (C=O) groups is 1. The number of carbonyl (C=O) groups excluding carboxylic acids is 1. The van der Waals surface area contributed by atoms with E-state index in [1.807, 2.05) is 13.8 Å². The smallest absolute Gasteiger partial charge is 0.221 e. The summed E-state index contributed by atoms with van der Waals surface area (Å²) < 4.78 is 14.3. The predicted octanol–water partition coefficient (Wildman–Crippen LogP) is 3.86. The number of amides is 1. The van der Waals surface area contributed by atoms with Gasteiger partial charge >= 0.3 is 0 Å². The summed E-state index contributed by atoms with van der Waals surface area (Å²) in [5.41, 5.74) is 3.65. The van der Waals surface area contributed by atoms with Crippen LogP contribution in [0, 0.1) is 12.7 Å². The van der Waals surface area contributed by atoms with E-state index in [1.165, 1.54) is 6.92 Å². The number of rotatable bonds is 4. The molecule has 1 amide bonds. The van der Waals surface area contributed by atoms with Gasteiger partial charge in [-0.2, -0.15) is 0 Å². The molecule has 1 aromatic carbocycles. The molecule has 0 bridgehead atoms. The third-order valence-corrected chi connectivity index (χ3v) is 3.17. The van der Waals surface area contributed by atoms with Gasteiger partial charge in [-0.3, -0.25) is 4.79 Å². The third kappa shape index (κ3) is 2.45. The van der Waals surface area contributed by atoms with Gasteiger partial charge in [-0.25, -0.2) is 4.39 Å². The highest BCUT2D eigenvalue weighted by atomic mass is 19.1. The lowest BCUT2D eigenvalue weighted by Gasteiger charge is -2.19. The molecule has 3 heteroatoms. The molecule has 1 aromatic rings. The standard InChI is InChI=1S/C15H20FNO/c1-6-11-9(4)14(16)15(17-10(5)18)13(8-3)12(11)7-2/h8H,3,6-7H2,1-2,4-5H3,(H,17,18). The highest BCUT2D eigenvalue weighted by Crippen LogP contribution is 2.32. The Hall–Kier alpha value is -1.64. The molecular formula is C15H20FNO. The Balaban J connectivity index is 3.65. The fraction of sp³-hybridized carbons (Fsp3) is 0.400. The predicted molar refractivity (Wildman–Crippen MR) is 74.3 cm³/mol. The molecule has 0 atom stereocenters. The number of hydrogen-bond donors (Lipinski definition) is 1. The molecule has 0 aromatic heterocycles. The number of hydrogen-bond acceptors (Lipinski definition) is 1. The molecule has 1 rings (SSSR count). The van der Waals surface area contributed by atoms with Crippen LogP contribution in [0.3, 0.4) is 0 Å². The normalized spacial score (nSPS) is 10.3. The molecule has 1 N–H and O–H groups in total. The van der Waals surface area contributed by atoms with Crippen LogP contribution >= 0.6 is 0 Å². The van der Waals surface area contributed by atoms with Crippen molar-refractivity contribution in [1.82, 2.24) is 0 Å². The molecule has 0 saturated heterocycles. The number of anilines is 1. The zero-order valence-electron chi connectivity index (χ0n) is 11.5. The first-order chi connectivity index (χ1) is 8.47. The summed E-state index contributed by atoms with van der Waals surface area (Å²) in [6.45, 7) is 10.9. The van der Waals surface area contributed by atoms with Crippen molar-refractivity contribution < 1.29 is 9.18 Å². The van der Waals surface area contributed by atoms with E-state index >= 15 is 0 Å². The molecule has 0 heterocycles. The Morgan fingerprint density at radius 2 is 1.89 bits per heavy atom. The number of halogens is 1. The van der Waals surface area contributed by atoms with Crippen molar-refractivity contribution in [3.8, 4) is 0 Å². The van der Waals surface area contributed by atoms with Crippen molar-refractivity contribution in [2.75, 3.05) is 5.32 Å². The Morgan fingerprint density at radius 1 is 1.33 bits per heavy atom. The molecule has 0 aliphatic rings. The third-order valence-electron chi connectivity index (χ3n) is 3.17. The van der Waals surface area contributed by atoms with E-state index in [0.29, 0.717) is 11.1 Å². The molecule has 18 heavy (non-hydrogen) atoms. The van der Waals surface area contributed by atoms with Crippen molar-refractivity contribution >= 4 is 17.7 Å². The first-order valence-electron chi connectivity index (χ1n) is 6.21. The fourth-order valence-electron chi connectivity index (χ4n) is 2.38. The molecule has 98 valence electrons. The summed E-state index contributed by atoms with van der Waals surface area (Å²) in [6, 6.07) is 0. The molecule has 0 aliphatic heterocycles. The van der Waals surface area contributed by atoms with Crippen molar-refractivity contribution in [3.63, 3.8) is 0 Å². The quantitative estimate of drug-likeness (QED) is 0.862. The summed E-state index contributed by atoms with van der Waals surface area (Å²) in [5.74, 6) is -0.628. The van der Waals surface area contributed by atoms with Crippen LogP contribution < -0.4 is 5.32 Å². The van der Waals surface area contributed by atoms with Crippen LogP contribution in [0.5, 0.6) is 0 Å². The second-order valence-corrected chi connectivity index (χ2v) is 4.28. The van der Waals surface area contributed by atoms with Crippen LogP contribution in [0.2, 0.25) is 0 Å². The lowest BCUT2D eigenvalue weighted by molar-refractivity contribution is -0.114. The maximum absolute atomic E-state index is 14.3. The minimum Gasteiger partial charge on any atom is -0.323 e. The maximum atomic E-state index is 14.3. The average molecular weight is 249 g/mol. The van der Waals surface area contributed by atoms with Gasteiger partial charge in [-0.05, 0) is 36.5 Å². The highest BCUT2D eigenvalue weighted by Gasteiger charge is 2.19. The van der Waals surface area contributed by atoms with Gasteiger partial charge in [0.2, 0.25) is 5.91 Å². The summed E-state index contributed by atoms with van der Waals surface area (Å²) >= 11 is 0. The largest absolute Gasteiger partial charge is 0.323 e. The van der Waals surface area contributed by atoms with Gasteiger partial charge < -0.3 is 5.32 Å². The molecule has 2 nitrogen and oxygen atoms in total. The van der Waals surface area contributed by atoms with E-state index in [9.17, 15) is 9.18 Å². The minimum atomic E-state index is -0.353. The number of benzene rings is 1. The lowest BCUT2D eigenvalue weighted by Crippen LogP contribution is -2.13. The SMILES string of the molecule is C=Cc1c(CC)c(CC)c(C)c(F)c1NC(C)=O. The minimum absolute atomic E-state index is 0.254. The van der Waals surface area contributed by atoms with Crippen LogP contribution in [0.25, 0.3) is 6.08 Å². The summed E-state index contributed by atoms with van der Waals surface area (Å²) in [6.07, 6.45) is 3.18. The van der Waals surface area contributed by atoms with E-state index in [1.54, 1.807) is 13.0 Å². The molecular weight excluding hydrogens is 229 g/mol. The van der Waals surface area contributed by atoms with Crippen LogP contribution in [0.15, 0.2) is 6.58 Å². The second-order valence-electron chi connectivity index (χ2n) is 4.28. The van der Waals surface area contributed by atoms with Crippen molar-refractivity contribution in [2.24, 2.45) is 0 Å². The first kappa shape index (κ1) is 14.4. The van der Waals surface area contributed by atoms with Crippen molar-refractivity contribution in [2.45, 2.75) is 40.5 Å². The zero-order chi connectivity index (χ0) is 13.9. The van der Waals surface area contributed by atoms with Gasteiger partial charge in [0.15, 0.2) is 5.82 Å². The molecule has 0 radical (unpaired) electrons. The van der Waals surface area contributed by atoms with E-state index in [0.717, 1.165) is 24.0 Å². The van der Waals surface area contributed by atoms with Gasteiger partial charge in [0.1, 0.15) is 0 Å². The number of nitrogens with one attached hydrogen (secondary N) is 1. The van der Waals surface area contributed by atoms with E-state index < -0.39 is 0 Å². The van der Waals surface area contributed by atoms with E-state index in [-0.39, 0.29) is 17.4 Å². The Morgan fingerprint density at radius 3 is 2.28 bits per heavy atom. The summed E-state index contributed by atoms with van der Waals surface area (Å²) in [5, 5.41) is 2.57. The van der Waals surface area contributed by atoms with Crippen molar-refractivity contribution in [3.05, 3.63) is 34.6 Å². The highest BCUT2D eigenvalue weighted by molar-refractivity contribution is 5.92. The van der Waals surface area contributed by atoms with Gasteiger partial charge in [0, 0.05) is 12.5 Å². The van der Waals surface area contributed by atoms with Crippen LogP contribution in [-0.4, -0.2) is 5.91 Å². The molecule has 0 fully saturated rings.